The highest BCUT2D eigenvalue weighted by Crippen LogP contribution is 2.53. The van der Waals surface area contributed by atoms with E-state index in [1.165, 1.54) is 0 Å². The topological polar surface area (TPSA) is 134 Å². The predicted molar refractivity (Wildman–Crippen MR) is 204 cm³/mol. The minimum Gasteiger partial charge on any atom is -0.464 e. The fourth-order valence-electron chi connectivity index (χ4n) is 4.21. The van der Waals surface area contributed by atoms with Crippen LogP contribution < -0.4 is 9.61 Å². The van der Waals surface area contributed by atoms with Crippen LogP contribution in [-0.4, -0.2) is 64.9 Å². The molecule has 0 fully saturated rings. The van der Waals surface area contributed by atoms with Gasteiger partial charge in [0.2, 0.25) is 0 Å². The minimum absolute atomic E-state index is 0.0348. The van der Waals surface area contributed by atoms with Gasteiger partial charge < -0.3 is 18.3 Å². The smallest absolute Gasteiger partial charge is 0.333 e. The lowest BCUT2D eigenvalue weighted by molar-refractivity contribution is -0.146. The van der Waals surface area contributed by atoms with Crippen LogP contribution in [0.15, 0.2) is 24.3 Å². The third-order valence-electron chi connectivity index (χ3n) is 7.81. The normalized spacial score (nSPS) is 15.6. The molecule has 1 unspecified atom stereocenters. The van der Waals surface area contributed by atoms with Crippen molar-refractivity contribution in [3.63, 3.8) is 0 Å². The first kappa shape index (κ1) is 45.9. The number of nitrogens with one attached hydrogen (secondary N) is 1. The molecule has 0 saturated carbocycles. The average molecular weight is 766 g/mol. The molecule has 0 aliphatic heterocycles. The Bertz CT molecular complexity index is 1290. The zero-order valence-electron chi connectivity index (χ0n) is 31.7. The van der Waals surface area contributed by atoms with Gasteiger partial charge in [0.15, 0.2) is 10.2 Å². The highest BCUT2D eigenvalue weighted by atomic mass is 32.2. The maximum Gasteiger partial charge on any atom is 0.333 e. The molecular weight excluding hydrogens is 704 g/mol. The monoisotopic (exact) mass is 765 g/mol. The number of esters is 1. The number of carbonyl (C=O) groups excluding carboxylic acids is 3. The van der Waals surface area contributed by atoms with E-state index >= 15 is 0 Å². The molecule has 0 aromatic heterocycles. The second-order valence-corrected chi connectivity index (χ2v) is 21.9. The van der Waals surface area contributed by atoms with Crippen molar-refractivity contribution in [3.8, 4) is 5.75 Å². The quantitative estimate of drug-likeness (QED) is 0.0685. The molecule has 0 heterocycles. The van der Waals surface area contributed by atoms with Gasteiger partial charge in [-0.3, -0.25) is 23.5 Å². The number of ether oxygens (including phenoxy) is 1. The summed E-state index contributed by atoms with van der Waals surface area (Å²) in [5, 5.41) is 2.90. The van der Waals surface area contributed by atoms with Gasteiger partial charge in [-0.25, -0.2) is 5.09 Å². The summed E-state index contributed by atoms with van der Waals surface area (Å²) in [5.41, 5.74) is -1.03. The van der Waals surface area contributed by atoms with Crippen molar-refractivity contribution in [1.82, 2.24) is 5.09 Å². The van der Waals surface area contributed by atoms with Gasteiger partial charge in [0, 0.05) is 22.3 Å². The molecule has 0 aliphatic rings. The van der Waals surface area contributed by atoms with E-state index in [1.54, 1.807) is 46.8 Å². The molecule has 1 aromatic rings. The summed E-state index contributed by atoms with van der Waals surface area (Å²) in [4.78, 5) is 37.9. The molecule has 0 amide bonds. The Morgan fingerprint density at radius 3 is 1.76 bits per heavy atom. The fraction of sp³-hybridized carbons (Fsp3) is 0.743. The van der Waals surface area contributed by atoms with Gasteiger partial charge in [0.25, 0.3) is 0 Å². The van der Waals surface area contributed by atoms with Crippen LogP contribution in [0.1, 0.15) is 101 Å². The maximum atomic E-state index is 13.8. The van der Waals surface area contributed by atoms with Crippen molar-refractivity contribution >= 4 is 54.8 Å². The highest BCUT2D eigenvalue weighted by Gasteiger charge is 2.35. The average Bonchev–Trinajstić information content (AvgIpc) is 3.01. The summed E-state index contributed by atoms with van der Waals surface area (Å²) in [6.07, 6.45) is 2.28. The zero-order valence-corrected chi connectivity index (χ0v) is 35.1. The Kier molecular flexibility index (Phi) is 19.5. The summed E-state index contributed by atoms with van der Waals surface area (Å²) in [5.74, 6) is 0.905. The van der Waals surface area contributed by atoms with E-state index in [4.69, 9.17) is 18.3 Å². The number of hydrogen-bond donors (Lipinski definition) is 1. The number of rotatable bonds is 22. The molecular formula is C35H61NO9P2S2. The van der Waals surface area contributed by atoms with Crippen molar-refractivity contribution in [2.75, 3.05) is 31.3 Å². The number of hydrogen-bond acceptors (Lipinski definition) is 11. The number of benzene rings is 1. The third kappa shape index (κ3) is 16.0. The molecule has 49 heavy (non-hydrogen) atoms. The molecule has 1 N–H and O–H groups in total. The minimum atomic E-state index is -3.47. The van der Waals surface area contributed by atoms with Crippen LogP contribution in [0.2, 0.25) is 0 Å². The SMILES string of the molecule is CCC(CC)COC(=O)[C@H](C)N[P@@](=O)(Oc1ccc(CC(C)(C)C(=O)SCCOP(=O)(OCCSC(=O)C(C)(C)C)C(C)C)cc1)C(C)C. The van der Waals surface area contributed by atoms with Crippen LogP contribution in [-0.2, 0) is 43.7 Å². The van der Waals surface area contributed by atoms with E-state index < -0.39 is 43.6 Å². The van der Waals surface area contributed by atoms with Crippen molar-refractivity contribution in [3.05, 3.63) is 29.8 Å². The summed E-state index contributed by atoms with van der Waals surface area (Å²) in [6.45, 7) is 22.6. The van der Waals surface area contributed by atoms with E-state index in [2.05, 4.69) is 18.9 Å². The van der Waals surface area contributed by atoms with Gasteiger partial charge in [-0.15, -0.1) is 0 Å². The van der Waals surface area contributed by atoms with E-state index in [0.29, 0.717) is 36.2 Å². The second kappa shape index (κ2) is 20.8. The largest absolute Gasteiger partial charge is 0.464 e. The van der Waals surface area contributed by atoms with E-state index in [-0.39, 0.29) is 29.1 Å². The molecule has 0 aliphatic carbocycles. The number of carbonyl (C=O) groups is 3. The van der Waals surface area contributed by atoms with E-state index in [1.807, 2.05) is 46.8 Å². The molecule has 3 atom stereocenters. The predicted octanol–water partition coefficient (Wildman–Crippen LogP) is 9.39. The molecule has 0 spiro atoms. The Morgan fingerprint density at radius 2 is 1.31 bits per heavy atom. The van der Waals surface area contributed by atoms with Crippen molar-refractivity contribution in [2.24, 2.45) is 16.7 Å². The van der Waals surface area contributed by atoms with Crippen molar-refractivity contribution in [2.45, 2.75) is 120 Å². The summed E-state index contributed by atoms with van der Waals surface area (Å²) < 4.78 is 49.7. The van der Waals surface area contributed by atoms with Crippen LogP contribution >= 0.6 is 38.6 Å². The van der Waals surface area contributed by atoms with Crippen LogP contribution in [0, 0.1) is 16.7 Å². The van der Waals surface area contributed by atoms with Gasteiger partial charge in [-0.2, -0.15) is 0 Å². The lowest BCUT2D eigenvalue weighted by atomic mass is 9.87. The summed E-state index contributed by atoms with van der Waals surface area (Å²) in [6, 6.07) is 6.28. The Labute approximate surface area is 304 Å². The van der Waals surface area contributed by atoms with Crippen molar-refractivity contribution < 1.29 is 41.8 Å². The molecule has 14 heteroatoms. The lowest BCUT2D eigenvalue weighted by Crippen LogP contribution is -2.37. The lowest BCUT2D eigenvalue weighted by Gasteiger charge is -2.27. The molecule has 0 saturated heterocycles. The van der Waals surface area contributed by atoms with Crippen molar-refractivity contribution in [1.29, 1.82) is 0 Å². The van der Waals surface area contributed by atoms with Gasteiger partial charge in [-0.1, -0.05) is 125 Å². The first-order chi connectivity index (χ1) is 22.6. The highest BCUT2D eigenvalue weighted by molar-refractivity contribution is 8.14. The summed E-state index contributed by atoms with van der Waals surface area (Å²) >= 11 is 2.28. The Balaban J connectivity index is 2.70. The maximum absolute atomic E-state index is 13.8. The Hall–Kier alpha value is -1.13. The van der Waals surface area contributed by atoms with Gasteiger partial charge in [0.05, 0.1) is 31.1 Å². The fourth-order valence-corrected chi connectivity index (χ4v) is 9.06. The molecule has 0 bridgehead atoms. The van der Waals surface area contributed by atoms with Crippen LogP contribution in [0.25, 0.3) is 0 Å². The first-order valence-electron chi connectivity index (χ1n) is 17.2. The molecule has 0 radical (unpaired) electrons. The first-order valence-corrected chi connectivity index (χ1v) is 22.4. The molecule has 282 valence electrons. The number of thioether (sulfide) groups is 2. The van der Waals surface area contributed by atoms with E-state index in [0.717, 1.165) is 41.9 Å². The Morgan fingerprint density at radius 1 is 0.796 bits per heavy atom. The molecule has 10 nitrogen and oxygen atoms in total. The van der Waals surface area contributed by atoms with E-state index in [9.17, 15) is 23.5 Å². The summed E-state index contributed by atoms with van der Waals surface area (Å²) in [7, 11) is -6.88. The van der Waals surface area contributed by atoms with Crippen LogP contribution in [0.3, 0.4) is 0 Å². The van der Waals surface area contributed by atoms with Crippen LogP contribution in [0.4, 0.5) is 0 Å². The third-order valence-corrected chi connectivity index (χ3v) is 15.2. The van der Waals surface area contributed by atoms with Gasteiger partial charge in [0.1, 0.15) is 11.8 Å². The van der Waals surface area contributed by atoms with Gasteiger partial charge in [-0.05, 0) is 37.0 Å². The van der Waals surface area contributed by atoms with Crippen LogP contribution in [0.5, 0.6) is 5.75 Å². The molecule has 1 aromatic carbocycles. The molecule has 1 rings (SSSR count). The van der Waals surface area contributed by atoms with Gasteiger partial charge >= 0.3 is 21.1 Å². The zero-order chi connectivity index (χ0) is 37.6. The second-order valence-electron chi connectivity index (χ2n) is 14.5. The standard InChI is InChI=1S/C35H61NO9P2S2/c1-13-28(14-2)24-42-31(37)27(7)36-46(40,25(3)4)45-30-17-15-29(16-18-30)23-35(11,12)33(39)49-22-20-44-47(41,26(5)6)43-19-21-48-32(38)34(8,9)10/h15-18,25-28H,13-14,19-24H2,1-12H3,(H,36,40)/t27-,46-,47?/m0/s1.